The van der Waals surface area contributed by atoms with Crippen molar-refractivity contribution in [1.29, 1.82) is 5.26 Å². The summed E-state index contributed by atoms with van der Waals surface area (Å²) >= 11 is 0. The van der Waals surface area contributed by atoms with E-state index >= 15 is 0 Å². The molecule has 0 spiro atoms. The van der Waals surface area contributed by atoms with Gasteiger partial charge in [0.15, 0.2) is 5.76 Å². The highest BCUT2D eigenvalue weighted by atomic mass is 16.5. The fourth-order valence-electron chi connectivity index (χ4n) is 2.00. The number of para-hydroxylation sites is 1. The van der Waals surface area contributed by atoms with Gasteiger partial charge in [-0.3, -0.25) is 4.79 Å². The Hall–Kier alpha value is -2.86. The zero-order chi connectivity index (χ0) is 13.2. The van der Waals surface area contributed by atoms with E-state index < -0.39 is 0 Å². The van der Waals surface area contributed by atoms with Gasteiger partial charge in [-0.15, -0.1) is 0 Å². The summed E-state index contributed by atoms with van der Waals surface area (Å²) in [6, 6.07) is 16.3. The van der Waals surface area contributed by atoms with Gasteiger partial charge in [-0.2, -0.15) is 5.26 Å². The van der Waals surface area contributed by atoms with E-state index in [-0.39, 0.29) is 11.5 Å². The number of nitrogens with zero attached hydrogens (tertiary/aromatic N) is 1. The highest BCUT2D eigenvalue weighted by Crippen LogP contribution is 2.31. The third kappa shape index (κ3) is 1.90. The molecule has 2 aromatic carbocycles. The molecular weight excluding hydrogens is 238 g/mol. The highest BCUT2D eigenvalue weighted by Gasteiger charge is 2.26. The number of Topliss-reactive ketones (excluding diaryl/α,β-unsaturated/α-hetero) is 1. The molecule has 2 aromatic rings. The first-order valence-corrected chi connectivity index (χ1v) is 5.82. The second-order valence-electron chi connectivity index (χ2n) is 4.13. The molecular formula is C16H9NO2. The first-order valence-electron chi connectivity index (χ1n) is 5.82. The van der Waals surface area contributed by atoms with Crippen LogP contribution in [0.2, 0.25) is 0 Å². The van der Waals surface area contributed by atoms with Crippen LogP contribution in [0, 0.1) is 11.3 Å². The quantitative estimate of drug-likeness (QED) is 0.727. The van der Waals surface area contributed by atoms with Crippen molar-refractivity contribution in [2.75, 3.05) is 0 Å². The first-order chi connectivity index (χ1) is 9.29. The van der Waals surface area contributed by atoms with Crippen LogP contribution >= 0.6 is 0 Å². The van der Waals surface area contributed by atoms with Gasteiger partial charge in [0.2, 0.25) is 5.78 Å². The summed E-state index contributed by atoms with van der Waals surface area (Å²) in [5, 5.41) is 9.03. The van der Waals surface area contributed by atoms with Gasteiger partial charge in [-0.1, -0.05) is 30.3 Å². The summed E-state index contributed by atoms with van der Waals surface area (Å²) in [6.45, 7) is 0. The summed E-state index contributed by atoms with van der Waals surface area (Å²) in [5.74, 6) is 0.667. The second kappa shape index (κ2) is 4.43. The Labute approximate surface area is 110 Å². The number of rotatable bonds is 1. The van der Waals surface area contributed by atoms with Crippen LogP contribution < -0.4 is 4.74 Å². The van der Waals surface area contributed by atoms with Gasteiger partial charge >= 0.3 is 0 Å². The maximum absolute atomic E-state index is 12.1. The molecule has 0 radical (unpaired) electrons. The molecule has 0 atom stereocenters. The van der Waals surface area contributed by atoms with E-state index in [1.54, 1.807) is 42.5 Å². The van der Waals surface area contributed by atoms with E-state index in [9.17, 15) is 4.79 Å². The van der Waals surface area contributed by atoms with E-state index in [0.29, 0.717) is 22.4 Å². The van der Waals surface area contributed by atoms with Crippen molar-refractivity contribution < 1.29 is 9.53 Å². The number of carbonyl (C=O) groups excluding carboxylic acids is 1. The van der Waals surface area contributed by atoms with Crippen molar-refractivity contribution in [2.45, 2.75) is 0 Å². The summed E-state index contributed by atoms with van der Waals surface area (Å²) in [6.07, 6.45) is 1.61. The molecule has 0 bridgehead atoms. The Bertz CT molecular complexity index is 738. The summed E-state index contributed by atoms with van der Waals surface area (Å²) in [7, 11) is 0. The minimum Gasteiger partial charge on any atom is -0.452 e. The molecule has 0 aromatic heterocycles. The standard InChI is InChI=1S/C16H9NO2/c17-10-12-6-2-1-5-11(12)9-15-16(18)13-7-3-4-8-14(13)19-15/h1-9H. The van der Waals surface area contributed by atoms with Crippen molar-refractivity contribution >= 4 is 11.9 Å². The molecule has 90 valence electrons. The van der Waals surface area contributed by atoms with Crippen molar-refractivity contribution in [3.8, 4) is 11.8 Å². The normalized spacial score (nSPS) is 14.9. The van der Waals surface area contributed by atoms with Gasteiger partial charge in [0.05, 0.1) is 17.2 Å². The Morgan fingerprint density at radius 3 is 2.58 bits per heavy atom. The van der Waals surface area contributed by atoms with E-state index in [1.807, 2.05) is 12.1 Å². The molecule has 3 heteroatoms. The number of hydrogen-bond acceptors (Lipinski definition) is 3. The molecule has 3 rings (SSSR count). The lowest BCUT2D eigenvalue weighted by Gasteiger charge is -1.99. The number of ether oxygens (including phenoxy) is 1. The van der Waals surface area contributed by atoms with Crippen LogP contribution in [0.3, 0.4) is 0 Å². The molecule has 0 N–H and O–H groups in total. The third-order valence-corrected chi connectivity index (χ3v) is 2.94. The minimum atomic E-state index is -0.150. The van der Waals surface area contributed by atoms with Gasteiger partial charge in [0.1, 0.15) is 5.75 Å². The number of allylic oxidation sites excluding steroid dienone is 1. The molecule has 0 unspecified atom stereocenters. The number of hydrogen-bond donors (Lipinski definition) is 0. The van der Waals surface area contributed by atoms with Crippen LogP contribution in [-0.4, -0.2) is 5.78 Å². The summed E-state index contributed by atoms with van der Waals surface area (Å²) in [4.78, 5) is 12.1. The van der Waals surface area contributed by atoms with Crippen molar-refractivity contribution in [3.05, 3.63) is 71.0 Å². The number of benzene rings is 2. The third-order valence-electron chi connectivity index (χ3n) is 2.94. The van der Waals surface area contributed by atoms with Crippen LogP contribution in [0.4, 0.5) is 0 Å². The van der Waals surface area contributed by atoms with Gasteiger partial charge < -0.3 is 4.74 Å². The van der Waals surface area contributed by atoms with E-state index in [0.717, 1.165) is 0 Å². The zero-order valence-electron chi connectivity index (χ0n) is 9.96. The summed E-state index contributed by atoms with van der Waals surface area (Å²) < 4.78 is 5.52. The maximum Gasteiger partial charge on any atom is 0.231 e. The molecule has 1 aliphatic heterocycles. The monoisotopic (exact) mass is 247 g/mol. The molecule has 0 amide bonds. The van der Waals surface area contributed by atoms with Gasteiger partial charge in [0, 0.05) is 0 Å². The smallest absolute Gasteiger partial charge is 0.231 e. The lowest BCUT2D eigenvalue weighted by atomic mass is 10.1. The van der Waals surface area contributed by atoms with Crippen molar-refractivity contribution in [1.82, 2.24) is 0 Å². The molecule has 0 aliphatic carbocycles. The number of nitriles is 1. The average molecular weight is 247 g/mol. The van der Waals surface area contributed by atoms with Crippen LogP contribution in [0.1, 0.15) is 21.5 Å². The van der Waals surface area contributed by atoms with E-state index in [2.05, 4.69) is 6.07 Å². The molecule has 0 fully saturated rings. The Morgan fingerprint density at radius 2 is 1.79 bits per heavy atom. The van der Waals surface area contributed by atoms with Gasteiger partial charge in [0.25, 0.3) is 0 Å². The molecule has 0 saturated carbocycles. The molecule has 19 heavy (non-hydrogen) atoms. The minimum absolute atomic E-state index is 0.150. The summed E-state index contributed by atoms with van der Waals surface area (Å²) in [5.41, 5.74) is 1.76. The molecule has 1 heterocycles. The molecule has 3 nitrogen and oxygen atoms in total. The molecule has 0 saturated heterocycles. The number of ketones is 1. The van der Waals surface area contributed by atoms with Crippen LogP contribution in [0.5, 0.6) is 5.75 Å². The molecule has 1 aliphatic rings. The fourth-order valence-corrected chi connectivity index (χ4v) is 2.00. The van der Waals surface area contributed by atoms with Crippen LogP contribution in [0.25, 0.3) is 6.08 Å². The predicted octanol–water partition coefficient (Wildman–Crippen LogP) is 3.17. The number of fused-ring (bicyclic) bond motifs is 1. The predicted molar refractivity (Wildman–Crippen MR) is 70.5 cm³/mol. The van der Waals surface area contributed by atoms with Crippen molar-refractivity contribution in [2.24, 2.45) is 0 Å². The largest absolute Gasteiger partial charge is 0.452 e. The van der Waals surface area contributed by atoms with Crippen LogP contribution in [0.15, 0.2) is 54.3 Å². The zero-order valence-corrected chi connectivity index (χ0v) is 9.96. The Kier molecular flexibility index (Phi) is 2.62. The first kappa shape index (κ1) is 11.2. The topological polar surface area (TPSA) is 50.1 Å². The second-order valence-corrected chi connectivity index (χ2v) is 4.13. The lowest BCUT2D eigenvalue weighted by Crippen LogP contribution is -1.98. The maximum atomic E-state index is 12.1. The highest BCUT2D eigenvalue weighted by molar-refractivity contribution is 6.14. The van der Waals surface area contributed by atoms with Gasteiger partial charge in [-0.05, 0) is 29.8 Å². The Morgan fingerprint density at radius 1 is 1.05 bits per heavy atom. The lowest BCUT2D eigenvalue weighted by molar-refractivity contribution is 0.101. The number of carbonyl (C=O) groups is 1. The van der Waals surface area contributed by atoms with E-state index in [1.165, 1.54) is 0 Å². The van der Waals surface area contributed by atoms with Crippen molar-refractivity contribution in [3.63, 3.8) is 0 Å². The SMILES string of the molecule is N#Cc1ccccc1C=C1Oc2ccccc2C1=O. The van der Waals surface area contributed by atoms with E-state index in [4.69, 9.17) is 10.00 Å². The van der Waals surface area contributed by atoms with Gasteiger partial charge in [-0.25, -0.2) is 0 Å². The fraction of sp³-hybridized carbons (Fsp3) is 0. The Balaban J connectivity index is 2.04. The van der Waals surface area contributed by atoms with Crippen LogP contribution in [-0.2, 0) is 0 Å². The average Bonchev–Trinajstić information content (AvgIpc) is 2.77.